The van der Waals surface area contributed by atoms with Crippen LogP contribution in [0.2, 0.25) is 0 Å². The summed E-state index contributed by atoms with van der Waals surface area (Å²) in [6.45, 7) is 3.69. The van der Waals surface area contributed by atoms with Crippen molar-refractivity contribution in [1.29, 1.82) is 5.26 Å². The summed E-state index contributed by atoms with van der Waals surface area (Å²) in [6, 6.07) is 2.13. The molecule has 1 atom stereocenters. The fraction of sp³-hybridized carbons (Fsp3) is 0.846. The van der Waals surface area contributed by atoms with Crippen molar-refractivity contribution in [3.63, 3.8) is 0 Å². The number of nitrogens with zero attached hydrogens (tertiary/aromatic N) is 2. The second-order valence-electron chi connectivity index (χ2n) is 4.67. The number of piperidine rings is 1. The number of rotatable bonds is 8. The molecule has 1 aliphatic heterocycles. The summed E-state index contributed by atoms with van der Waals surface area (Å²) >= 11 is 0. The number of carbonyl (C=O) groups is 1. The summed E-state index contributed by atoms with van der Waals surface area (Å²) in [4.78, 5) is 14.1. The summed E-state index contributed by atoms with van der Waals surface area (Å²) in [6.07, 6.45) is 2.43. The van der Waals surface area contributed by atoms with Gasteiger partial charge in [0.05, 0.1) is 31.8 Å². The Labute approximate surface area is 114 Å². The number of hydrogen-bond acceptors (Lipinski definition) is 5. The maximum Gasteiger partial charge on any atom is 0.224 e. The molecule has 1 fully saturated rings. The lowest BCUT2D eigenvalue weighted by Gasteiger charge is -2.31. The van der Waals surface area contributed by atoms with Gasteiger partial charge in [-0.2, -0.15) is 5.26 Å². The minimum atomic E-state index is 0.00439. The van der Waals surface area contributed by atoms with E-state index < -0.39 is 0 Å². The number of likely N-dealkylation sites (tertiary alicyclic amines) is 1. The maximum atomic E-state index is 11.9. The first-order valence-electron chi connectivity index (χ1n) is 6.83. The van der Waals surface area contributed by atoms with Crippen LogP contribution in [0, 0.1) is 17.2 Å². The van der Waals surface area contributed by atoms with Crippen molar-refractivity contribution in [1.82, 2.24) is 10.2 Å². The SMILES string of the molecule is N#CCCN1CCCC(C(=O)NCCOCCO)C1. The lowest BCUT2D eigenvalue weighted by molar-refractivity contribution is -0.126. The van der Waals surface area contributed by atoms with Gasteiger partial charge in [-0.3, -0.25) is 4.79 Å². The molecule has 0 aromatic heterocycles. The minimum absolute atomic E-state index is 0.00439. The van der Waals surface area contributed by atoms with E-state index in [9.17, 15) is 4.79 Å². The molecule has 0 aromatic rings. The van der Waals surface area contributed by atoms with E-state index in [1.54, 1.807) is 0 Å². The fourth-order valence-corrected chi connectivity index (χ4v) is 2.24. The zero-order valence-electron chi connectivity index (χ0n) is 11.3. The maximum absolute atomic E-state index is 11.9. The summed E-state index contributed by atoms with van der Waals surface area (Å²) in [7, 11) is 0. The zero-order chi connectivity index (χ0) is 13.9. The summed E-state index contributed by atoms with van der Waals surface area (Å²) in [5.41, 5.74) is 0. The Hall–Kier alpha value is -1.16. The first-order chi connectivity index (χ1) is 9.27. The Kier molecular flexibility index (Phi) is 8.14. The average Bonchev–Trinajstić information content (AvgIpc) is 2.45. The van der Waals surface area contributed by atoms with Gasteiger partial charge in [0.1, 0.15) is 0 Å². The quantitative estimate of drug-likeness (QED) is 0.593. The molecule has 108 valence electrons. The molecule has 0 radical (unpaired) electrons. The van der Waals surface area contributed by atoms with E-state index in [-0.39, 0.29) is 18.4 Å². The minimum Gasteiger partial charge on any atom is -0.394 e. The molecule has 1 saturated heterocycles. The van der Waals surface area contributed by atoms with E-state index in [1.165, 1.54) is 0 Å². The van der Waals surface area contributed by atoms with E-state index >= 15 is 0 Å². The second kappa shape index (κ2) is 9.73. The van der Waals surface area contributed by atoms with Crippen LogP contribution in [0.4, 0.5) is 0 Å². The Balaban J connectivity index is 2.18. The lowest BCUT2D eigenvalue weighted by Crippen LogP contribution is -2.43. The number of nitrogens with one attached hydrogen (secondary N) is 1. The molecule has 1 amide bonds. The van der Waals surface area contributed by atoms with Gasteiger partial charge < -0.3 is 20.1 Å². The molecule has 0 bridgehead atoms. The van der Waals surface area contributed by atoms with Crippen molar-refractivity contribution in [2.45, 2.75) is 19.3 Å². The Morgan fingerprint density at radius 3 is 3.11 bits per heavy atom. The van der Waals surface area contributed by atoms with E-state index in [0.717, 1.165) is 32.5 Å². The molecule has 0 spiro atoms. The zero-order valence-corrected chi connectivity index (χ0v) is 11.3. The number of hydrogen-bond donors (Lipinski definition) is 2. The molecule has 0 aromatic carbocycles. The van der Waals surface area contributed by atoms with Gasteiger partial charge >= 0.3 is 0 Å². The van der Waals surface area contributed by atoms with E-state index in [0.29, 0.717) is 26.2 Å². The summed E-state index contributed by atoms with van der Waals surface area (Å²) in [5.74, 6) is 0.0829. The van der Waals surface area contributed by atoms with Crippen LogP contribution in [0.15, 0.2) is 0 Å². The normalized spacial score (nSPS) is 19.9. The molecule has 6 heteroatoms. The fourth-order valence-electron chi connectivity index (χ4n) is 2.24. The highest BCUT2D eigenvalue weighted by Gasteiger charge is 2.25. The molecule has 1 heterocycles. The number of nitriles is 1. The second-order valence-corrected chi connectivity index (χ2v) is 4.67. The topological polar surface area (TPSA) is 85.6 Å². The van der Waals surface area contributed by atoms with Gasteiger partial charge in [0.25, 0.3) is 0 Å². The van der Waals surface area contributed by atoms with Gasteiger partial charge in [-0.25, -0.2) is 0 Å². The van der Waals surface area contributed by atoms with Gasteiger partial charge in [-0.1, -0.05) is 0 Å². The van der Waals surface area contributed by atoms with Crippen molar-refractivity contribution >= 4 is 5.91 Å². The van der Waals surface area contributed by atoms with Gasteiger partial charge in [0, 0.05) is 26.1 Å². The Bertz CT molecular complexity index is 304. The molecule has 1 aliphatic rings. The standard InChI is InChI=1S/C13H23N3O3/c14-4-2-7-16-6-1-3-12(11-16)13(18)15-5-9-19-10-8-17/h12,17H,1-3,5-11H2,(H,15,18). The van der Waals surface area contributed by atoms with Crippen LogP contribution in [0.1, 0.15) is 19.3 Å². The number of ether oxygens (including phenoxy) is 1. The summed E-state index contributed by atoms with van der Waals surface area (Å²) < 4.78 is 5.08. The molecule has 2 N–H and O–H groups in total. The van der Waals surface area contributed by atoms with Gasteiger partial charge in [-0.15, -0.1) is 0 Å². The third kappa shape index (κ3) is 6.53. The van der Waals surface area contributed by atoms with Crippen molar-refractivity contribution in [2.24, 2.45) is 5.92 Å². The molecular formula is C13H23N3O3. The van der Waals surface area contributed by atoms with Crippen LogP contribution >= 0.6 is 0 Å². The lowest BCUT2D eigenvalue weighted by atomic mass is 9.97. The van der Waals surface area contributed by atoms with Crippen LogP contribution in [-0.2, 0) is 9.53 Å². The van der Waals surface area contributed by atoms with E-state index in [2.05, 4.69) is 16.3 Å². The van der Waals surface area contributed by atoms with Crippen LogP contribution in [0.5, 0.6) is 0 Å². The summed E-state index contributed by atoms with van der Waals surface area (Å²) in [5, 5.41) is 20.0. The van der Waals surface area contributed by atoms with Crippen molar-refractivity contribution in [3.8, 4) is 6.07 Å². The van der Waals surface area contributed by atoms with Crippen molar-refractivity contribution < 1.29 is 14.6 Å². The van der Waals surface area contributed by atoms with Gasteiger partial charge in [-0.05, 0) is 19.4 Å². The van der Waals surface area contributed by atoms with Crippen LogP contribution < -0.4 is 5.32 Å². The molecule has 0 aliphatic carbocycles. The first kappa shape index (κ1) is 15.9. The number of amides is 1. The molecule has 1 rings (SSSR count). The van der Waals surface area contributed by atoms with Gasteiger partial charge in [0.15, 0.2) is 0 Å². The Morgan fingerprint density at radius 2 is 2.37 bits per heavy atom. The smallest absolute Gasteiger partial charge is 0.224 e. The monoisotopic (exact) mass is 269 g/mol. The molecule has 6 nitrogen and oxygen atoms in total. The highest BCUT2D eigenvalue weighted by molar-refractivity contribution is 5.78. The largest absolute Gasteiger partial charge is 0.394 e. The van der Waals surface area contributed by atoms with Crippen LogP contribution in [0.3, 0.4) is 0 Å². The third-order valence-corrected chi connectivity index (χ3v) is 3.20. The number of aliphatic hydroxyl groups is 1. The van der Waals surface area contributed by atoms with Crippen molar-refractivity contribution in [3.05, 3.63) is 0 Å². The van der Waals surface area contributed by atoms with Gasteiger partial charge in [0.2, 0.25) is 5.91 Å². The molecule has 1 unspecified atom stereocenters. The first-order valence-corrected chi connectivity index (χ1v) is 6.83. The highest BCUT2D eigenvalue weighted by atomic mass is 16.5. The predicted octanol–water partition coefficient (Wildman–Crippen LogP) is -0.263. The number of carbonyl (C=O) groups excluding carboxylic acids is 1. The average molecular weight is 269 g/mol. The number of aliphatic hydroxyl groups excluding tert-OH is 1. The van der Waals surface area contributed by atoms with Crippen molar-refractivity contribution in [2.75, 3.05) is 46.0 Å². The Morgan fingerprint density at radius 1 is 1.53 bits per heavy atom. The molecule has 19 heavy (non-hydrogen) atoms. The third-order valence-electron chi connectivity index (χ3n) is 3.20. The predicted molar refractivity (Wildman–Crippen MR) is 70.3 cm³/mol. The van der Waals surface area contributed by atoms with E-state index in [1.807, 2.05) is 0 Å². The van der Waals surface area contributed by atoms with Crippen LogP contribution in [0.25, 0.3) is 0 Å². The molecule has 0 saturated carbocycles. The van der Waals surface area contributed by atoms with Crippen LogP contribution in [-0.4, -0.2) is 61.9 Å². The van der Waals surface area contributed by atoms with E-state index in [4.69, 9.17) is 15.1 Å². The highest BCUT2D eigenvalue weighted by Crippen LogP contribution is 2.16. The molecular weight excluding hydrogens is 246 g/mol.